The van der Waals surface area contributed by atoms with Gasteiger partial charge < -0.3 is 15.0 Å². The number of halogens is 3. The molecular formula is C20H21F3N6O2. The van der Waals surface area contributed by atoms with Gasteiger partial charge in [0.2, 0.25) is 5.91 Å². The highest BCUT2D eigenvalue weighted by Crippen LogP contribution is 2.27. The summed E-state index contributed by atoms with van der Waals surface area (Å²) in [4.78, 5) is 22.5. The number of ether oxygens (including phenoxy) is 1. The van der Waals surface area contributed by atoms with Crippen LogP contribution >= 0.6 is 0 Å². The molecule has 1 fully saturated rings. The summed E-state index contributed by atoms with van der Waals surface area (Å²) in [6.45, 7) is 3.44. The minimum atomic E-state index is -4.70. The van der Waals surface area contributed by atoms with Crippen molar-refractivity contribution in [2.45, 2.75) is 25.6 Å². The maximum absolute atomic E-state index is 13.3. The van der Waals surface area contributed by atoms with Crippen molar-refractivity contribution in [2.75, 3.05) is 31.6 Å². The number of rotatable bonds is 5. The highest BCUT2D eigenvalue weighted by Gasteiger charge is 2.37. The van der Waals surface area contributed by atoms with E-state index in [1.807, 2.05) is 30.3 Å². The van der Waals surface area contributed by atoms with E-state index < -0.39 is 18.0 Å². The van der Waals surface area contributed by atoms with E-state index in [0.29, 0.717) is 38.4 Å². The number of morpholine rings is 1. The Kier molecular flexibility index (Phi) is 5.77. The van der Waals surface area contributed by atoms with Crippen LogP contribution in [0.3, 0.4) is 0 Å². The van der Waals surface area contributed by atoms with Crippen LogP contribution in [0.1, 0.15) is 17.1 Å². The molecule has 0 bridgehead atoms. The van der Waals surface area contributed by atoms with Crippen molar-refractivity contribution >= 4 is 17.5 Å². The summed E-state index contributed by atoms with van der Waals surface area (Å²) < 4.78 is 45.7. The molecule has 1 unspecified atom stereocenters. The quantitative estimate of drug-likeness (QED) is 0.664. The van der Waals surface area contributed by atoms with Gasteiger partial charge in [-0.1, -0.05) is 30.3 Å². The predicted octanol–water partition coefficient (Wildman–Crippen LogP) is 2.33. The third-order valence-corrected chi connectivity index (χ3v) is 4.92. The second-order valence-corrected chi connectivity index (χ2v) is 7.25. The van der Waals surface area contributed by atoms with Crippen LogP contribution in [0.2, 0.25) is 0 Å². The number of carbonyl (C=O) groups is 1. The smallest absolute Gasteiger partial charge is 0.378 e. The summed E-state index contributed by atoms with van der Waals surface area (Å²) in [5.41, 5.74) is 1.37. The molecule has 1 atom stereocenters. The van der Waals surface area contributed by atoms with Crippen LogP contribution in [-0.4, -0.2) is 62.7 Å². The molecule has 1 N–H and O–H groups in total. The van der Waals surface area contributed by atoms with Gasteiger partial charge in [-0.25, -0.2) is 4.98 Å². The number of aryl methyl sites for hydroxylation is 1. The lowest BCUT2D eigenvalue weighted by atomic mass is 10.0. The fraction of sp³-hybridized carbons (Fsp3) is 0.400. The Balaban J connectivity index is 1.69. The largest absolute Gasteiger partial charge is 0.453 e. The van der Waals surface area contributed by atoms with Gasteiger partial charge in [0.25, 0.3) is 11.6 Å². The Morgan fingerprint density at radius 3 is 2.58 bits per heavy atom. The predicted molar refractivity (Wildman–Crippen MR) is 105 cm³/mol. The third-order valence-electron chi connectivity index (χ3n) is 4.92. The maximum atomic E-state index is 13.3. The van der Waals surface area contributed by atoms with E-state index in [1.54, 1.807) is 17.9 Å². The number of amides is 1. The van der Waals surface area contributed by atoms with Crippen molar-refractivity contribution in [1.29, 1.82) is 0 Å². The molecule has 0 spiro atoms. The van der Waals surface area contributed by atoms with E-state index in [4.69, 9.17) is 4.74 Å². The highest BCUT2D eigenvalue weighted by atomic mass is 19.4. The van der Waals surface area contributed by atoms with Gasteiger partial charge in [0.05, 0.1) is 13.2 Å². The monoisotopic (exact) mass is 434 g/mol. The fourth-order valence-electron chi connectivity index (χ4n) is 3.44. The van der Waals surface area contributed by atoms with E-state index in [0.717, 1.165) is 10.1 Å². The average molecular weight is 434 g/mol. The SMILES string of the molecule is Cc1cc(NC(Cc2ccccc2)C(=O)N2CCOCC2)n2nc(C(F)(F)F)nc2n1. The second kappa shape index (κ2) is 8.50. The number of benzene rings is 1. The lowest BCUT2D eigenvalue weighted by Gasteiger charge is -2.31. The normalized spacial score (nSPS) is 15.8. The van der Waals surface area contributed by atoms with E-state index in [-0.39, 0.29) is 17.5 Å². The summed E-state index contributed by atoms with van der Waals surface area (Å²) >= 11 is 0. The Labute approximate surface area is 176 Å². The van der Waals surface area contributed by atoms with Gasteiger partial charge in [0.1, 0.15) is 11.9 Å². The Hall–Kier alpha value is -3.21. The summed E-state index contributed by atoms with van der Waals surface area (Å²) in [5, 5.41) is 6.66. The lowest BCUT2D eigenvalue weighted by molar-refractivity contribution is -0.144. The molecule has 11 heteroatoms. The molecule has 31 heavy (non-hydrogen) atoms. The fourth-order valence-corrected chi connectivity index (χ4v) is 3.44. The van der Waals surface area contributed by atoms with Crippen molar-refractivity contribution in [3.8, 4) is 0 Å². The van der Waals surface area contributed by atoms with Crippen LogP contribution in [-0.2, 0) is 22.1 Å². The minimum absolute atomic E-state index is 0.161. The molecule has 1 saturated heterocycles. The molecule has 0 aliphatic carbocycles. The lowest BCUT2D eigenvalue weighted by Crippen LogP contribution is -2.49. The Bertz CT molecular complexity index is 1060. The number of hydrogen-bond acceptors (Lipinski definition) is 6. The van der Waals surface area contributed by atoms with E-state index in [9.17, 15) is 18.0 Å². The van der Waals surface area contributed by atoms with E-state index in [1.165, 1.54) is 0 Å². The zero-order valence-electron chi connectivity index (χ0n) is 16.8. The van der Waals surface area contributed by atoms with Gasteiger partial charge in [0.15, 0.2) is 0 Å². The number of hydrogen-bond donors (Lipinski definition) is 1. The van der Waals surface area contributed by atoms with Crippen molar-refractivity contribution in [1.82, 2.24) is 24.5 Å². The van der Waals surface area contributed by atoms with Gasteiger partial charge in [-0.05, 0) is 12.5 Å². The van der Waals surface area contributed by atoms with Gasteiger partial charge in [-0.2, -0.15) is 22.7 Å². The molecule has 3 aromatic rings. The Morgan fingerprint density at radius 2 is 1.90 bits per heavy atom. The van der Waals surface area contributed by atoms with Crippen LogP contribution < -0.4 is 5.32 Å². The molecule has 164 valence electrons. The van der Waals surface area contributed by atoms with Crippen molar-refractivity contribution in [3.63, 3.8) is 0 Å². The average Bonchev–Trinajstić information content (AvgIpc) is 3.19. The number of nitrogens with zero attached hydrogens (tertiary/aromatic N) is 5. The number of alkyl halides is 3. The number of carbonyl (C=O) groups excluding carboxylic acids is 1. The Morgan fingerprint density at radius 1 is 1.19 bits per heavy atom. The molecule has 8 nitrogen and oxygen atoms in total. The molecular weight excluding hydrogens is 413 g/mol. The van der Waals surface area contributed by atoms with Crippen molar-refractivity contribution in [3.05, 3.63) is 53.5 Å². The third kappa shape index (κ3) is 4.76. The maximum Gasteiger partial charge on any atom is 0.453 e. The molecule has 1 aromatic carbocycles. The topological polar surface area (TPSA) is 84.7 Å². The summed E-state index contributed by atoms with van der Waals surface area (Å²) in [7, 11) is 0. The van der Waals surface area contributed by atoms with Gasteiger partial charge >= 0.3 is 6.18 Å². The molecule has 0 saturated carbocycles. The molecule has 3 heterocycles. The van der Waals surface area contributed by atoms with Crippen molar-refractivity contribution < 1.29 is 22.7 Å². The highest BCUT2D eigenvalue weighted by molar-refractivity contribution is 5.85. The first-order valence-corrected chi connectivity index (χ1v) is 9.80. The van der Waals surface area contributed by atoms with Crippen LogP contribution in [0.25, 0.3) is 5.78 Å². The van der Waals surface area contributed by atoms with Crippen LogP contribution in [0.15, 0.2) is 36.4 Å². The first kappa shape index (κ1) is 21.0. The van der Waals surface area contributed by atoms with Gasteiger partial charge in [-0.15, -0.1) is 5.10 Å². The summed E-state index contributed by atoms with van der Waals surface area (Å²) in [5.74, 6) is -1.42. The molecule has 0 radical (unpaired) electrons. The number of aromatic nitrogens is 4. The molecule has 1 aliphatic heterocycles. The zero-order chi connectivity index (χ0) is 22.0. The molecule has 2 aromatic heterocycles. The number of anilines is 1. The summed E-state index contributed by atoms with van der Waals surface area (Å²) in [6, 6.07) is 10.2. The first-order chi connectivity index (χ1) is 14.8. The van der Waals surface area contributed by atoms with Crippen LogP contribution in [0, 0.1) is 6.92 Å². The van der Waals surface area contributed by atoms with Gasteiger partial charge in [0, 0.05) is 31.3 Å². The second-order valence-electron chi connectivity index (χ2n) is 7.25. The summed E-state index contributed by atoms with van der Waals surface area (Å²) in [6.07, 6.45) is -4.35. The van der Waals surface area contributed by atoms with E-state index >= 15 is 0 Å². The standard InChI is InChI=1S/C20H21F3N6O2/c1-13-11-16(29-19(24-13)26-18(27-29)20(21,22)23)25-15(12-14-5-3-2-4-6-14)17(30)28-7-9-31-10-8-28/h2-6,11,15,25H,7-10,12H2,1H3. The van der Waals surface area contributed by atoms with Crippen LogP contribution in [0.4, 0.5) is 19.0 Å². The zero-order valence-corrected chi connectivity index (χ0v) is 16.8. The first-order valence-electron chi connectivity index (χ1n) is 9.80. The molecule has 4 rings (SSSR count). The van der Waals surface area contributed by atoms with Crippen molar-refractivity contribution in [2.24, 2.45) is 0 Å². The van der Waals surface area contributed by atoms with Crippen LogP contribution in [0.5, 0.6) is 0 Å². The molecule has 1 aliphatic rings. The number of fused-ring (bicyclic) bond motifs is 1. The van der Waals surface area contributed by atoms with Gasteiger partial charge in [-0.3, -0.25) is 4.79 Å². The molecule has 1 amide bonds. The number of nitrogens with one attached hydrogen (secondary N) is 1. The minimum Gasteiger partial charge on any atom is -0.378 e. The van der Waals surface area contributed by atoms with E-state index in [2.05, 4.69) is 20.4 Å².